The van der Waals surface area contributed by atoms with E-state index < -0.39 is 5.97 Å². The number of benzene rings is 2. The summed E-state index contributed by atoms with van der Waals surface area (Å²) < 4.78 is 0. The summed E-state index contributed by atoms with van der Waals surface area (Å²) in [5, 5.41) is 25.8. The van der Waals surface area contributed by atoms with Crippen molar-refractivity contribution in [2.75, 3.05) is 0 Å². The lowest BCUT2D eigenvalue weighted by molar-refractivity contribution is 0.0697. The lowest BCUT2D eigenvalue weighted by atomic mass is 10.2. The number of azo groups is 1. The molecule has 5 heteroatoms. The van der Waals surface area contributed by atoms with Gasteiger partial charge < -0.3 is 10.2 Å². The summed E-state index contributed by atoms with van der Waals surface area (Å²) in [5.41, 5.74) is 1.27. The van der Waals surface area contributed by atoms with Gasteiger partial charge in [-0.1, -0.05) is 6.07 Å². The van der Waals surface area contributed by atoms with Gasteiger partial charge in [-0.05, 0) is 36.4 Å². The minimum absolute atomic E-state index is 0.118. The van der Waals surface area contributed by atoms with Crippen LogP contribution in [0.1, 0.15) is 10.4 Å². The van der Waals surface area contributed by atoms with Crippen LogP contribution in [0.15, 0.2) is 58.8 Å². The molecule has 18 heavy (non-hydrogen) atoms. The van der Waals surface area contributed by atoms with Gasteiger partial charge in [0.1, 0.15) is 5.75 Å². The molecule has 2 aromatic rings. The molecule has 0 aliphatic heterocycles. The molecule has 0 atom stereocenters. The largest absolute Gasteiger partial charge is 0.508 e. The number of rotatable bonds is 3. The van der Waals surface area contributed by atoms with Crippen LogP contribution in [0.3, 0.4) is 0 Å². The van der Waals surface area contributed by atoms with Crippen LogP contribution in [0.4, 0.5) is 11.4 Å². The number of phenols is 1. The zero-order valence-electron chi connectivity index (χ0n) is 9.32. The number of aromatic carboxylic acids is 1. The van der Waals surface area contributed by atoms with Crippen molar-refractivity contribution in [1.29, 1.82) is 0 Å². The first-order valence-corrected chi connectivity index (χ1v) is 5.19. The summed E-state index contributed by atoms with van der Waals surface area (Å²) in [6.45, 7) is 0. The van der Waals surface area contributed by atoms with Gasteiger partial charge in [0, 0.05) is 6.07 Å². The molecule has 2 N–H and O–H groups in total. The van der Waals surface area contributed by atoms with Gasteiger partial charge in [-0.3, -0.25) is 0 Å². The fourth-order valence-corrected chi connectivity index (χ4v) is 1.34. The van der Waals surface area contributed by atoms with Crippen molar-refractivity contribution >= 4 is 17.3 Å². The van der Waals surface area contributed by atoms with Gasteiger partial charge in [0.2, 0.25) is 0 Å². The molecule has 0 saturated carbocycles. The Bertz CT molecular complexity index is 591. The van der Waals surface area contributed by atoms with E-state index in [0.717, 1.165) is 0 Å². The van der Waals surface area contributed by atoms with Crippen molar-refractivity contribution in [2.24, 2.45) is 10.2 Å². The van der Waals surface area contributed by atoms with Crippen molar-refractivity contribution in [1.82, 2.24) is 0 Å². The van der Waals surface area contributed by atoms with E-state index in [-0.39, 0.29) is 11.3 Å². The summed E-state index contributed by atoms with van der Waals surface area (Å²) in [6, 6.07) is 12.4. The van der Waals surface area contributed by atoms with Gasteiger partial charge in [-0.2, -0.15) is 10.2 Å². The zero-order chi connectivity index (χ0) is 13.0. The second-order valence-electron chi connectivity index (χ2n) is 3.57. The molecule has 0 unspecified atom stereocenters. The van der Waals surface area contributed by atoms with Gasteiger partial charge in [0.05, 0.1) is 16.9 Å². The standard InChI is InChI=1S/C13H10N2O3/c16-12-3-1-2-11(8-12)15-14-10-6-4-9(5-7-10)13(17)18/h1-8,16H,(H,17,18). The highest BCUT2D eigenvalue weighted by atomic mass is 16.4. The van der Waals surface area contributed by atoms with E-state index in [4.69, 9.17) is 5.11 Å². The van der Waals surface area contributed by atoms with Crippen molar-refractivity contribution in [2.45, 2.75) is 0 Å². The summed E-state index contributed by atoms with van der Waals surface area (Å²) in [4.78, 5) is 10.6. The molecule has 0 aliphatic carbocycles. The molecule has 0 amide bonds. The fourth-order valence-electron chi connectivity index (χ4n) is 1.34. The van der Waals surface area contributed by atoms with Crippen LogP contribution in [0.25, 0.3) is 0 Å². The average Bonchev–Trinajstić information content (AvgIpc) is 2.37. The van der Waals surface area contributed by atoms with Crippen LogP contribution < -0.4 is 0 Å². The minimum Gasteiger partial charge on any atom is -0.508 e. The van der Waals surface area contributed by atoms with E-state index in [2.05, 4.69) is 10.2 Å². The number of carbonyl (C=O) groups is 1. The molecular weight excluding hydrogens is 232 g/mol. The maximum absolute atomic E-state index is 10.6. The van der Waals surface area contributed by atoms with Crippen LogP contribution >= 0.6 is 0 Å². The fraction of sp³-hybridized carbons (Fsp3) is 0. The number of phenolic OH excluding ortho intramolecular Hbond substituents is 1. The number of nitrogens with zero attached hydrogens (tertiary/aromatic N) is 2. The number of carboxylic acid groups (broad SMARTS) is 1. The summed E-state index contributed by atoms with van der Waals surface area (Å²) in [7, 11) is 0. The third-order valence-corrected chi connectivity index (χ3v) is 2.22. The molecule has 0 spiro atoms. The van der Waals surface area contributed by atoms with E-state index in [1.165, 1.54) is 18.2 Å². The maximum atomic E-state index is 10.6. The molecule has 5 nitrogen and oxygen atoms in total. The second-order valence-corrected chi connectivity index (χ2v) is 3.57. The normalized spacial score (nSPS) is 10.7. The first kappa shape index (κ1) is 11.8. The lowest BCUT2D eigenvalue weighted by Gasteiger charge is -1.96. The van der Waals surface area contributed by atoms with E-state index in [9.17, 15) is 9.90 Å². The highest BCUT2D eigenvalue weighted by molar-refractivity contribution is 5.87. The van der Waals surface area contributed by atoms with Crippen LogP contribution in [-0.2, 0) is 0 Å². The Morgan fingerprint density at radius 2 is 1.61 bits per heavy atom. The first-order valence-electron chi connectivity index (χ1n) is 5.19. The van der Waals surface area contributed by atoms with E-state index >= 15 is 0 Å². The molecule has 0 saturated heterocycles. The molecule has 0 fully saturated rings. The van der Waals surface area contributed by atoms with Gasteiger partial charge >= 0.3 is 5.97 Å². The van der Waals surface area contributed by atoms with Gasteiger partial charge in [-0.15, -0.1) is 0 Å². The predicted molar refractivity (Wildman–Crippen MR) is 65.7 cm³/mol. The summed E-state index contributed by atoms with van der Waals surface area (Å²) in [6.07, 6.45) is 0. The number of hydrogen-bond acceptors (Lipinski definition) is 4. The topological polar surface area (TPSA) is 82.2 Å². The van der Waals surface area contributed by atoms with Crippen molar-refractivity contribution < 1.29 is 15.0 Å². The molecule has 0 aliphatic rings. The Balaban J connectivity index is 2.16. The van der Waals surface area contributed by atoms with Gasteiger partial charge in [0.15, 0.2) is 0 Å². The Morgan fingerprint density at radius 1 is 0.944 bits per heavy atom. The third kappa shape index (κ3) is 2.91. The average molecular weight is 242 g/mol. The van der Waals surface area contributed by atoms with Crippen LogP contribution in [0.2, 0.25) is 0 Å². The summed E-state index contributed by atoms with van der Waals surface area (Å²) >= 11 is 0. The van der Waals surface area contributed by atoms with Crippen LogP contribution in [-0.4, -0.2) is 16.2 Å². The first-order chi connectivity index (χ1) is 8.65. The Morgan fingerprint density at radius 3 is 2.22 bits per heavy atom. The van der Waals surface area contributed by atoms with Gasteiger partial charge in [-0.25, -0.2) is 4.79 Å². The van der Waals surface area contributed by atoms with Crippen LogP contribution in [0.5, 0.6) is 5.75 Å². The highest BCUT2D eigenvalue weighted by Gasteiger charge is 2.00. The van der Waals surface area contributed by atoms with Crippen molar-refractivity contribution in [3.05, 3.63) is 54.1 Å². The maximum Gasteiger partial charge on any atom is 0.335 e. The number of aromatic hydroxyl groups is 1. The zero-order valence-corrected chi connectivity index (χ0v) is 9.32. The summed E-state index contributed by atoms with van der Waals surface area (Å²) in [5.74, 6) is -0.862. The Hall–Kier alpha value is -2.69. The number of hydrogen-bond donors (Lipinski definition) is 2. The molecular formula is C13H10N2O3. The Labute approximate surface area is 103 Å². The van der Waals surface area contributed by atoms with E-state index in [1.807, 2.05) is 0 Å². The van der Waals surface area contributed by atoms with Gasteiger partial charge in [0.25, 0.3) is 0 Å². The minimum atomic E-state index is -0.980. The molecule has 0 radical (unpaired) electrons. The molecule has 90 valence electrons. The van der Waals surface area contributed by atoms with E-state index in [1.54, 1.807) is 30.3 Å². The molecule has 0 aromatic heterocycles. The second kappa shape index (κ2) is 5.09. The quantitative estimate of drug-likeness (QED) is 0.808. The van der Waals surface area contributed by atoms with Crippen LogP contribution in [0, 0.1) is 0 Å². The molecule has 0 bridgehead atoms. The third-order valence-electron chi connectivity index (χ3n) is 2.22. The SMILES string of the molecule is O=C(O)c1ccc(N=Nc2cccc(O)c2)cc1. The number of carboxylic acids is 1. The van der Waals surface area contributed by atoms with E-state index in [0.29, 0.717) is 11.4 Å². The van der Waals surface area contributed by atoms with Crippen molar-refractivity contribution in [3.8, 4) is 5.75 Å². The monoisotopic (exact) mass is 242 g/mol. The van der Waals surface area contributed by atoms with Crippen molar-refractivity contribution in [3.63, 3.8) is 0 Å². The Kier molecular flexibility index (Phi) is 3.33. The highest BCUT2D eigenvalue weighted by Crippen LogP contribution is 2.21. The molecule has 2 aromatic carbocycles. The molecule has 2 rings (SSSR count). The lowest BCUT2D eigenvalue weighted by Crippen LogP contribution is -1.93. The predicted octanol–water partition coefficient (Wildman–Crippen LogP) is 3.51. The smallest absolute Gasteiger partial charge is 0.335 e. The molecule has 0 heterocycles.